The van der Waals surface area contributed by atoms with Gasteiger partial charge in [-0.1, -0.05) is 24.5 Å². The van der Waals surface area contributed by atoms with Gasteiger partial charge in [0.25, 0.3) is 0 Å². The highest BCUT2D eigenvalue weighted by Gasteiger charge is 2.01. The Hall–Kier alpha value is -0.590. The fourth-order valence-corrected chi connectivity index (χ4v) is 1.30. The minimum absolute atomic E-state index is 0.438. The SMILES string of the molecule is CCCCC(=O)CCCC(C)=C(C)C. The van der Waals surface area contributed by atoms with E-state index in [-0.39, 0.29) is 0 Å². The second-order valence-electron chi connectivity index (χ2n) is 4.28. The highest BCUT2D eigenvalue weighted by molar-refractivity contribution is 5.78. The predicted molar refractivity (Wildman–Crippen MR) is 62.4 cm³/mol. The molecule has 0 aromatic heterocycles. The molecule has 0 aliphatic heterocycles. The van der Waals surface area contributed by atoms with Gasteiger partial charge in [0.1, 0.15) is 5.78 Å². The lowest BCUT2D eigenvalue weighted by atomic mass is 10.0. The van der Waals surface area contributed by atoms with Crippen molar-refractivity contribution in [3.05, 3.63) is 11.1 Å². The van der Waals surface area contributed by atoms with Crippen LogP contribution in [0.2, 0.25) is 0 Å². The molecule has 0 aromatic rings. The lowest BCUT2D eigenvalue weighted by molar-refractivity contribution is -0.119. The van der Waals surface area contributed by atoms with E-state index in [2.05, 4.69) is 27.7 Å². The molecule has 0 bridgehead atoms. The van der Waals surface area contributed by atoms with Crippen LogP contribution in [-0.4, -0.2) is 5.78 Å². The first-order valence-electron chi connectivity index (χ1n) is 5.72. The summed E-state index contributed by atoms with van der Waals surface area (Å²) in [6.07, 6.45) is 5.84. The Morgan fingerprint density at radius 2 is 1.50 bits per heavy atom. The molecule has 1 nitrogen and oxygen atoms in total. The summed E-state index contributed by atoms with van der Waals surface area (Å²) in [6, 6.07) is 0. The zero-order valence-electron chi connectivity index (χ0n) is 10.2. The Morgan fingerprint density at radius 1 is 0.929 bits per heavy atom. The van der Waals surface area contributed by atoms with E-state index in [0.29, 0.717) is 5.78 Å². The zero-order chi connectivity index (χ0) is 11.0. The second-order valence-corrected chi connectivity index (χ2v) is 4.28. The summed E-state index contributed by atoms with van der Waals surface area (Å²) in [5.74, 6) is 0.438. The van der Waals surface area contributed by atoms with Crippen LogP contribution in [-0.2, 0) is 4.79 Å². The van der Waals surface area contributed by atoms with Crippen molar-refractivity contribution in [2.45, 2.75) is 66.2 Å². The first kappa shape index (κ1) is 13.4. The maximum atomic E-state index is 11.3. The molecule has 0 saturated carbocycles. The number of rotatable bonds is 7. The molecule has 14 heavy (non-hydrogen) atoms. The van der Waals surface area contributed by atoms with Crippen molar-refractivity contribution < 1.29 is 4.79 Å². The topological polar surface area (TPSA) is 17.1 Å². The van der Waals surface area contributed by atoms with Gasteiger partial charge in [0.05, 0.1) is 0 Å². The quantitative estimate of drug-likeness (QED) is 0.556. The van der Waals surface area contributed by atoms with Crippen molar-refractivity contribution >= 4 is 5.78 Å². The van der Waals surface area contributed by atoms with Crippen LogP contribution in [0, 0.1) is 0 Å². The Labute approximate surface area is 88.6 Å². The molecule has 0 unspecified atom stereocenters. The van der Waals surface area contributed by atoms with Gasteiger partial charge in [-0.05, 0) is 40.0 Å². The standard InChI is InChI=1S/C13H24O/c1-5-6-9-13(14)10-7-8-12(4)11(2)3/h5-10H2,1-4H3. The lowest BCUT2D eigenvalue weighted by Crippen LogP contribution is -1.97. The minimum atomic E-state index is 0.438. The molecule has 0 aliphatic rings. The number of hydrogen-bond donors (Lipinski definition) is 0. The van der Waals surface area contributed by atoms with Crippen molar-refractivity contribution in [3.8, 4) is 0 Å². The Balaban J connectivity index is 3.54. The van der Waals surface area contributed by atoms with Gasteiger partial charge in [0.15, 0.2) is 0 Å². The van der Waals surface area contributed by atoms with Gasteiger partial charge < -0.3 is 0 Å². The van der Waals surface area contributed by atoms with Gasteiger partial charge in [0.2, 0.25) is 0 Å². The molecule has 0 amide bonds. The summed E-state index contributed by atoms with van der Waals surface area (Å²) in [6.45, 7) is 8.55. The number of Topliss-reactive ketones (excluding diaryl/α,β-unsaturated/α-hetero) is 1. The maximum Gasteiger partial charge on any atom is 0.132 e. The highest BCUT2D eigenvalue weighted by Crippen LogP contribution is 2.12. The molecular weight excluding hydrogens is 172 g/mol. The Kier molecular flexibility index (Phi) is 7.45. The number of ketones is 1. The van der Waals surface area contributed by atoms with E-state index in [1.165, 1.54) is 11.1 Å². The summed E-state index contributed by atoms with van der Waals surface area (Å²) in [5, 5.41) is 0. The number of allylic oxidation sites excluding steroid dienone is 2. The van der Waals surface area contributed by atoms with Crippen molar-refractivity contribution in [1.29, 1.82) is 0 Å². The van der Waals surface area contributed by atoms with Crippen molar-refractivity contribution in [1.82, 2.24) is 0 Å². The first-order valence-corrected chi connectivity index (χ1v) is 5.72. The van der Waals surface area contributed by atoms with E-state index in [1.54, 1.807) is 0 Å². The third-order valence-corrected chi connectivity index (χ3v) is 2.67. The van der Waals surface area contributed by atoms with Crippen molar-refractivity contribution in [2.24, 2.45) is 0 Å². The van der Waals surface area contributed by atoms with Crippen LogP contribution in [0.5, 0.6) is 0 Å². The molecule has 0 radical (unpaired) electrons. The van der Waals surface area contributed by atoms with Gasteiger partial charge in [-0.2, -0.15) is 0 Å². The minimum Gasteiger partial charge on any atom is -0.300 e. The van der Waals surface area contributed by atoms with E-state index in [9.17, 15) is 4.79 Å². The molecule has 0 aliphatic carbocycles. The molecule has 0 N–H and O–H groups in total. The van der Waals surface area contributed by atoms with Gasteiger partial charge in [0, 0.05) is 12.8 Å². The summed E-state index contributed by atoms with van der Waals surface area (Å²) in [7, 11) is 0. The molecule has 1 heteroatoms. The fraction of sp³-hybridized carbons (Fsp3) is 0.769. The highest BCUT2D eigenvalue weighted by atomic mass is 16.1. The first-order chi connectivity index (χ1) is 6.57. The molecule has 0 spiro atoms. The normalized spacial score (nSPS) is 10.0. The largest absolute Gasteiger partial charge is 0.300 e. The van der Waals surface area contributed by atoms with Crippen LogP contribution < -0.4 is 0 Å². The summed E-state index contributed by atoms with van der Waals surface area (Å²) in [4.78, 5) is 11.3. The van der Waals surface area contributed by atoms with Crippen LogP contribution in [0.3, 0.4) is 0 Å². The van der Waals surface area contributed by atoms with Crippen LogP contribution in [0.1, 0.15) is 66.2 Å². The van der Waals surface area contributed by atoms with Crippen molar-refractivity contribution in [3.63, 3.8) is 0 Å². The molecule has 0 atom stereocenters. The number of carbonyl (C=O) groups excluding carboxylic acids is 1. The molecule has 0 fully saturated rings. The van der Waals surface area contributed by atoms with E-state index >= 15 is 0 Å². The number of hydrogen-bond acceptors (Lipinski definition) is 1. The van der Waals surface area contributed by atoms with E-state index in [0.717, 1.165) is 38.5 Å². The maximum absolute atomic E-state index is 11.3. The van der Waals surface area contributed by atoms with E-state index in [1.807, 2.05) is 0 Å². The smallest absolute Gasteiger partial charge is 0.132 e. The Morgan fingerprint density at radius 3 is 2.00 bits per heavy atom. The summed E-state index contributed by atoms with van der Waals surface area (Å²) < 4.78 is 0. The third kappa shape index (κ3) is 6.88. The lowest BCUT2D eigenvalue weighted by Gasteiger charge is -2.03. The predicted octanol–water partition coefficient (Wildman–Crippen LogP) is 4.27. The number of carbonyl (C=O) groups is 1. The van der Waals surface area contributed by atoms with Crippen molar-refractivity contribution in [2.75, 3.05) is 0 Å². The molecule has 82 valence electrons. The van der Waals surface area contributed by atoms with Gasteiger partial charge in [-0.3, -0.25) is 4.79 Å². The average molecular weight is 196 g/mol. The van der Waals surface area contributed by atoms with Crippen LogP contribution in [0.15, 0.2) is 11.1 Å². The van der Waals surface area contributed by atoms with Gasteiger partial charge in [-0.15, -0.1) is 0 Å². The third-order valence-electron chi connectivity index (χ3n) is 2.67. The Bertz CT molecular complexity index is 197. The average Bonchev–Trinajstić information content (AvgIpc) is 2.14. The molecule has 0 heterocycles. The molecule has 0 rings (SSSR count). The zero-order valence-corrected chi connectivity index (χ0v) is 10.2. The monoisotopic (exact) mass is 196 g/mol. The molecule has 0 saturated heterocycles. The molecular formula is C13H24O. The van der Waals surface area contributed by atoms with Crippen LogP contribution in [0.25, 0.3) is 0 Å². The van der Waals surface area contributed by atoms with Gasteiger partial charge >= 0.3 is 0 Å². The van der Waals surface area contributed by atoms with Crippen LogP contribution >= 0.6 is 0 Å². The fourth-order valence-electron chi connectivity index (χ4n) is 1.30. The summed E-state index contributed by atoms with van der Waals surface area (Å²) >= 11 is 0. The van der Waals surface area contributed by atoms with Crippen LogP contribution in [0.4, 0.5) is 0 Å². The molecule has 0 aromatic carbocycles. The number of unbranched alkanes of at least 4 members (excludes halogenated alkanes) is 1. The van der Waals surface area contributed by atoms with E-state index < -0.39 is 0 Å². The van der Waals surface area contributed by atoms with E-state index in [4.69, 9.17) is 0 Å². The van der Waals surface area contributed by atoms with Gasteiger partial charge in [-0.25, -0.2) is 0 Å². The second kappa shape index (κ2) is 7.78. The summed E-state index contributed by atoms with van der Waals surface area (Å²) in [5.41, 5.74) is 2.83.